The van der Waals surface area contributed by atoms with Gasteiger partial charge in [0.2, 0.25) is 15.9 Å². The summed E-state index contributed by atoms with van der Waals surface area (Å²) >= 11 is 0. The molecule has 148 valence electrons. The molecule has 1 saturated heterocycles. The van der Waals surface area contributed by atoms with Crippen LogP contribution in [0.15, 0.2) is 47.4 Å². The van der Waals surface area contributed by atoms with Crippen molar-refractivity contribution in [2.45, 2.75) is 18.7 Å². The van der Waals surface area contributed by atoms with Gasteiger partial charge in [-0.3, -0.25) is 9.59 Å². The van der Waals surface area contributed by atoms with Crippen molar-refractivity contribution in [3.63, 3.8) is 0 Å². The maximum Gasteiger partial charge on any atom is 0.253 e. The summed E-state index contributed by atoms with van der Waals surface area (Å²) in [6.07, 6.45) is 0. The van der Waals surface area contributed by atoms with E-state index in [1.54, 1.807) is 36.1 Å². The van der Waals surface area contributed by atoms with E-state index in [2.05, 4.69) is 0 Å². The van der Waals surface area contributed by atoms with Crippen molar-refractivity contribution in [3.8, 4) is 0 Å². The molecule has 8 heteroatoms. The van der Waals surface area contributed by atoms with Gasteiger partial charge in [0.15, 0.2) is 0 Å². The maximum atomic E-state index is 12.9. The zero-order valence-electron chi connectivity index (χ0n) is 15.9. The highest BCUT2D eigenvalue weighted by atomic mass is 32.2. The van der Waals surface area contributed by atoms with Crippen molar-refractivity contribution in [1.82, 2.24) is 9.21 Å². The Labute approximate surface area is 164 Å². The van der Waals surface area contributed by atoms with E-state index in [-0.39, 0.29) is 19.0 Å². The van der Waals surface area contributed by atoms with Crippen LogP contribution in [0.4, 0.5) is 0 Å². The van der Waals surface area contributed by atoms with Crippen molar-refractivity contribution in [2.24, 2.45) is 5.73 Å². The number of hydrogen-bond acceptors (Lipinski definition) is 4. The Morgan fingerprint density at radius 2 is 1.46 bits per heavy atom. The molecule has 1 heterocycles. The van der Waals surface area contributed by atoms with E-state index >= 15 is 0 Å². The first-order chi connectivity index (χ1) is 13.2. The van der Waals surface area contributed by atoms with E-state index < -0.39 is 15.9 Å². The van der Waals surface area contributed by atoms with Crippen LogP contribution in [0.3, 0.4) is 0 Å². The fourth-order valence-electron chi connectivity index (χ4n) is 3.32. The Morgan fingerprint density at radius 3 is 2.00 bits per heavy atom. The Balaban J connectivity index is 1.69. The molecule has 3 rings (SSSR count). The first-order valence-corrected chi connectivity index (χ1v) is 10.4. The third-order valence-corrected chi connectivity index (χ3v) is 6.95. The summed E-state index contributed by atoms with van der Waals surface area (Å²) in [6, 6.07) is 11.4. The number of benzene rings is 2. The molecular weight excluding hydrogens is 378 g/mol. The number of nitrogens with zero attached hydrogens (tertiary/aromatic N) is 2. The lowest BCUT2D eigenvalue weighted by Gasteiger charge is -2.34. The first-order valence-electron chi connectivity index (χ1n) is 8.96. The van der Waals surface area contributed by atoms with Gasteiger partial charge in [0.1, 0.15) is 0 Å². The van der Waals surface area contributed by atoms with Gasteiger partial charge in [0.25, 0.3) is 5.91 Å². The average Bonchev–Trinajstić information content (AvgIpc) is 2.67. The van der Waals surface area contributed by atoms with Gasteiger partial charge >= 0.3 is 0 Å². The number of sulfonamides is 1. The van der Waals surface area contributed by atoms with E-state index in [0.717, 1.165) is 5.56 Å². The van der Waals surface area contributed by atoms with E-state index in [9.17, 15) is 18.0 Å². The zero-order valence-corrected chi connectivity index (χ0v) is 16.7. The molecule has 0 radical (unpaired) electrons. The van der Waals surface area contributed by atoms with Gasteiger partial charge in [-0.25, -0.2) is 8.42 Å². The minimum atomic E-state index is -3.59. The highest BCUT2D eigenvalue weighted by Crippen LogP contribution is 2.22. The summed E-state index contributed by atoms with van der Waals surface area (Å²) in [6.45, 7) is 4.79. The second-order valence-electron chi connectivity index (χ2n) is 6.91. The quantitative estimate of drug-likeness (QED) is 0.840. The Kier molecular flexibility index (Phi) is 5.53. The minimum absolute atomic E-state index is 0.195. The van der Waals surface area contributed by atoms with Gasteiger partial charge < -0.3 is 10.6 Å². The number of carbonyl (C=O) groups excluding carboxylic acids is 2. The van der Waals surface area contributed by atoms with Gasteiger partial charge in [-0.1, -0.05) is 17.7 Å². The fraction of sp³-hybridized carbons (Fsp3) is 0.300. The molecule has 0 aliphatic carbocycles. The number of hydrogen-bond donors (Lipinski definition) is 1. The van der Waals surface area contributed by atoms with Crippen molar-refractivity contribution in [3.05, 3.63) is 64.7 Å². The Bertz CT molecular complexity index is 1010. The van der Waals surface area contributed by atoms with Crippen molar-refractivity contribution >= 4 is 21.8 Å². The summed E-state index contributed by atoms with van der Waals surface area (Å²) in [5, 5.41) is 0. The molecule has 2 amide bonds. The molecule has 2 N–H and O–H groups in total. The van der Waals surface area contributed by atoms with Gasteiger partial charge in [-0.2, -0.15) is 4.31 Å². The molecule has 0 bridgehead atoms. The van der Waals surface area contributed by atoms with Crippen molar-refractivity contribution < 1.29 is 18.0 Å². The van der Waals surface area contributed by atoms with E-state index in [1.165, 1.54) is 16.4 Å². The van der Waals surface area contributed by atoms with Crippen molar-refractivity contribution in [2.75, 3.05) is 26.2 Å². The normalized spacial score (nSPS) is 15.4. The number of primary amides is 1. The molecule has 0 atom stereocenters. The van der Waals surface area contributed by atoms with Crippen LogP contribution < -0.4 is 5.73 Å². The first kappa shape index (κ1) is 20.0. The lowest BCUT2D eigenvalue weighted by atomic mass is 10.1. The van der Waals surface area contributed by atoms with E-state index in [1.807, 2.05) is 13.0 Å². The Hall–Kier alpha value is -2.71. The maximum absolute atomic E-state index is 12.9. The smallest absolute Gasteiger partial charge is 0.253 e. The molecule has 0 saturated carbocycles. The summed E-state index contributed by atoms with van der Waals surface area (Å²) in [4.78, 5) is 25.7. The molecule has 28 heavy (non-hydrogen) atoms. The lowest BCUT2D eigenvalue weighted by molar-refractivity contribution is 0.0697. The lowest BCUT2D eigenvalue weighted by Crippen LogP contribution is -2.50. The zero-order chi connectivity index (χ0) is 20.5. The summed E-state index contributed by atoms with van der Waals surface area (Å²) in [5.74, 6) is -0.746. The number of rotatable bonds is 4. The van der Waals surface area contributed by atoms with Crippen LogP contribution in [-0.4, -0.2) is 55.6 Å². The SMILES string of the molecule is Cc1ccc(S(=O)(=O)N2CCN(C(=O)c3ccc(C(N)=O)cc3)CC2)c(C)c1. The second-order valence-corrected chi connectivity index (χ2v) is 8.81. The van der Waals surface area contributed by atoms with Gasteiger partial charge in [-0.05, 0) is 49.7 Å². The third-order valence-electron chi connectivity index (χ3n) is 4.89. The van der Waals surface area contributed by atoms with E-state index in [0.29, 0.717) is 34.7 Å². The van der Waals surface area contributed by atoms with Crippen LogP contribution in [0, 0.1) is 13.8 Å². The molecule has 0 aromatic heterocycles. The number of aryl methyl sites for hydroxylation is 2. The molecule has 1 aliphatic heterocycles. The number of carbonyl (C=O) groups is 2. The molecule has 2 aromatic rings. The van der Waals surface area contributed by atoms with Crippen LogP contribution in [0.1, 0.15) is 31.8 Å². The average molecular weight is 401 g/mol. The predicted octanol–water partition coefficient (Wildman–Crippen LogP) is 1.55. The molecule has 1 fully saturated rings. The highest BCUT2D eigenvalue weighted by molar-refractivity contribution is 7.89. The monoisotopic (exact) mass is 401 g/mol. The molecule has 7 nitrogen and oxygen atoms in total. The van der Waals surface area contributed by atoms with Crippen LogP contribution >= 0.6 is 0 Å². The van der Waals surface area contributed by atoms with Gasteiger partial charge in [-0.15, -0.1) is 0 Å². The van der Waals surface area contributed by atoms with Crippen LogP contribution in [0.2, 0.25) is 0 Å². The number of piperazine rings is 1. The van der Waals surface area contributed by atoms with Crippen molar-refractivity contribution in [1.29, 1.82) is 0 Å². The van der Waals surface area contributed by atoms with Crippen LogP contribution in [0.25, 0.3) is 0 Å². The highest BCUT2D eigenvalue weighted by Gasteiger charge is 2.31. The minimum Gasteiger partial charge on any atom is -0.366 e. The molecule has 1 aliphatic rings. The topological polar surface area (TPSA) is 101 Å². The predicted molar refractivity (Wildman–Crippen MR) is 106 cm³/mol. The van der Waals surface area contributed by atoms with Gasteiger partial charge in [0.05, 0.1) is 4.90 Å². The van der Waals surface area contributed by atoms with Crippen LogP contribution in [0.5, 0.6) is 0 Å². The molecule has 2 aromatic carbocycles. The van der Waals surface area contributed by atoms with Gasteiger partial charge in [0, 0.05) is 37.3 Å². The largest absolute Gasteiger partial charge is 0.366 e. The van der Waals surface area contributed by atoms with E-state index in [4.69, 9.17) is 5.73 Å². The molecule has 0 unspecified atom stereocenters. The standard InChI is InChI=1S/C20H23N3O4S/c1-14-3-8-18(15(2)13-14)28(26,27)23-11-9-22(10-12-23)20(25)17-6-4-16(5-7-17)19(21)24/h3-8,13H,9-12H2,1-2H3,(H2,21,24). The number of amides is 2. The van der Waals surface area contributed by atoms with Crippen LogP contribution in [-0.2, 0) is 10.0 Å². The third kappa shape index (κ3) is 3.93. The summed E-state index contributed by atoms with van der Waals surface area (Å²) < 4.78 is 27.3. The summed E-state index contributed by atoms with van der Waals surface area (Å²) in [5.41, 5.74) is 7.71. The number of nitrogens with two attached hydrogens (primary N) is 1. The fourth-order valence-corrected chi connectivity index (χ4v) is 4.95. The Morgan fingerprint density at radius 1 is 0.893 bits per heavy atom. The second kappa shape index (κ2) is 7.73. The summed E-state index contributed by atoms with van der Waals surface area (Å²) in [7, 11) is -3.59. The molecule has 0 spiro atoms. The molecular formula is C20H23N3O4S.